The van der Waals surface area contributed by atoms with Crippen molar-refractivity contribution in [3.05, 3.63) is 35.4 Å². The van der Waals surface area contributed by atoms with Crippen LogP contribution in [0.2, 0.25) is 0 Å². The van der Waals surface area contributed by atoms with E-state index in [1.165, 1.54) is 49.7 Å². The molecule has 2 fully saturated rings. The smallest absolute Gasteiger partial charge is 0.0110 e. The third kappa shape index (κ3) is 2.55. The normalized spacial score (nSPS) is 32.4. The first-order valence-corrected chi connectivity index (χ1v) is 7.13. The average molecular weight is 229 g/mol. The van der Waals surface area contributed by atoms with Crippen molar-refractivity contribution in [3.8, 4) is 0 Å². The maximum Gasteiger partial charge on any atom is 0.0110 e. The average Bonchev–Trinajstić information content (AvgIpc) is 2.76. The molecule has 0 aromatic heterocycles. The highest BCUT2D eigenvalue weighted by atomic mass is 15.0. The molecule has 0 amide bonds. The molecule has 1 saturated heterocycles. The lowest BCUT2D eigenvalue weighted by Crippen LogP contribution is -2.46. The third-order valence-corrected chi connectivity index (χ3v) is 4.56. The fourth-order valence-electron chi connectivity index (χ4n) is 3.69. The predicted molar refractivity (Wildman–Crippen MR) is 72.2 cm³/mol. The van der Waals surface area contributed by atoms with Gasteiger partial charge in [0.05, 0.1) is 0 Å². The Balaban J connectivity index is 1.62. The van der Waals surface area contributed by atoms with Crippen LogP contribution in [-0.2, 0) is 6.42 Å². The summed E-state index contributed by atoms with van der Waals surface area (Å²) in [5.74, 6) is 0.990. The Labute approximate surface area is 105 Å². The van der Waals surface area contributed by atoms with E-state index in [0.29, 0.717) is 0 Å². The summed E-state index contributed by atoms with van der Waals surface area (Å²) in [5, 5.41) is 3.88. The quantitative estimate of drug-likeness (QED) is 0.819. The van der Waals surface area contributed by atoms with Crippen LogP contribution >= 0.6 is 0 Å². The number of fused-ring (bicyclic) bond motifs is 1. The van der Waals surface area contributed by atoms with Crippen LogP contribution in [0.25, 0.3) is 0 Å². The van der Waals surface area contributed by atoms with E-state index >= 15 is 0 Å². The first-order valence-electron chi connectivity index (χ1n) is 7.13. The van der Waals surface area contributed by atoms with E-state index in [1.54, 1.807) is 0 Å². The van der Waals surface area contributed by atoms with Crippen molar-refractivity contribution < 1.29 is 0 Å². The predicted octanol–water partition coefficient (Wildman–Crippen LogP) is 3.46. The van der Waals surface area contributed by atoms with Crippen LogP contribution in [0.15, 0.2) is 24.3 Å². The molecule has 1 heteroatoms. The second-order valence-electron chi connectivity index (χ2n) is 5.93. The molecule has 1 aromatic rings. The van der Waals surface area contributed by atoms with Crippen LogP contribution in [0.1, 0.15) is 43.2 Å². The molecule has 17 heavy (non-hydrogen) atoms. The number of piperidine rings is 1. The molecule has 3 atom stereocenters. The summed E-state index contributed by atoms with van der Waals surface area (Å²) >= 11 is 0. The monoisotopic (exact) mass is 229 g/mol. The second-order valence-corrected chi connectivity index (χ2v) is 5.93. The molecule has 1 heterocycles. The molecule has 1 N–H and O–H groups in total. The van der Waals surface area contributed by atoms with Crippen LogP contribution in [0.5, 0.6) is 0 Å². The van der Waals surface area contributed by atoms with Gasteiger partial charge in [0.25, 0.3) is 0 Å². The van der Waals surface area contributed by atoms with Gasteiger partial charge in [0.1, 0.15) is 0 Å². The number of aryl methyl sites for hydroxylation is 1. The lowest BCUT2D eigenvalue weighted by atomic mass is 9.87. The molecule has 1 aliphatic carbocycles. The Morgan fingerprint density at radius 1 is 1.18 bits per heavy atom. The van der Waals surface area contributed by atoms with Crippen molar-refractivity contribution in [2.45, 2.75) is 57.5 Å². The van der Waals surface area contributed by atoms with Gasteiger partial charge in [-0.1, -0.05) is 36.2 Å². The van der Waals surface area contributed by atoms with Gasteiger partial charge in [0.2, 0.25) is 0 Å². The SMILES string of the molecule is Cc1cccc(CC2CCC3CCCC3N2)c1. The van der Waals surface area contributed by atoms with Crippen molar-refractivity contribution in [2.24, 2.45) is 5.92 Å². The van der Waals surface area contributed by atoms with E-state index in [4.69, 9.17) is 0 Å². The number of rotatable bonds is 2. The summed E-state index contributed by atoms with van der Waals surface area (Å²) in [4.78, 5) is 0. The van der Waals surface area contributed by atoms with E-state index in [0.717, 1.165) is 18.0 Å². The summed E-state index contributed by atoms with van der Waals surface area (Å²) in [7, 11) is 0. The molecule has 3 rings (SSSR count). The Morgan fingerprint density at radius 2 is 2.12 bits per heavy atom. The van der Waals surface area contributed by atoms with E-state index in [-0.39, 0.29) is 0 Å². The van der Waals surface area contributed by atoms with Crippen LogP contribution in [0.4, 0.5) is 0 Å². The molecule has 0 bridgehead atoms. The molecule has 1 nitrogen and oxygen atoms in total. The summed E-state index contributed by atoms with van der Waals surface area (Å²) in [5.41, 5.74) is 2.89. The largest absolute Gasteiger partial charge is 0.311 e. The van der Waals surface area contributed by atoms with Gasteiger partial charge in [-0.25, -0.2) is 0 Å². The van der Waals surface area contributed by atoms with Gasteiger partial charge in [-0.05, 0) is 50.5 Å². The molecule has 1 saturated carbocycles. The lowest BCUT2D eigenvalue weighted by Gasteiger charge is -2.33. The van der Waals surface area contributed by atoms with Crippen LogP contribution in [0, 0.1) is 12.8 Å². The molecule has 0 spiro atoms. The Morgan fingerprint density at radius 3 is 3.00 bits per heavy atom. The molecular formula is C16H23N. The second kappa shape index (κ2) is 4.81. The minimum absolute atomic E-state index is 0.719. The molecule has 1 aliphatic heterocycles. The zero-order chi connectivity index (χ0) is 11.7. The van der Waals surface area contributed by atoms with Gasteiger partial charge in [0, 0.05) is 12.1 Å². The topological polar surface area (TPSA) is 12.0 Å². The van der Waals surface area contributed by atoms with Gasteiger partial charge >= 0.3 is 0 Å². The molecular weight excluding hydrogens is 206 g/mol. The fourth-order valence-corrected chi connectivity index (χ4v) is 3.69. The van der Waals surface area contributed by atoms with E-state index < -0.39 is 0 Å². The lowest BCUT2D eigenvalue weighted by molar-refractivity contribution is 0.257. The maximum atomic E-state index is 3.88. The van der Waals surface area contributed by atoms with Crippen molar-refractivity contribution in [3.63, 3.8) is 0 Å². The third-order valence-electron chi connectivity index (χ3n) is 4.56. The Bertz CT molecular complexity index is 385. The number of nitrogens with one attached hydrogen (secondary N) is 1. The van der Waals surface area contributed by atoms with Crippen LogP contribution < -0.4 is 5.32 Å². The molecule has 3 unspecified atom stereocenters. The molecule has 2 aliphatic rings. The van der Waals surface area contributed by atoms with Crippen LogP contribution in [-0.4, -0.2) is 12.1 Å². The highest BCUT2D eigenvalue weighted by molar-refractivity contribution is 5.23. The summed E-state index contributed by atoms with van der Waals surface area (Å²) in [6.45, 7) is 2.19. The first-order chi connectivity index (χ1) is 8.31. The minimum atomic E-state index is 0.719. The fraction of sp³-hybridized carbons (Fsp3) is 0.625. The van der Waals surface area contributed by atoms with Gasteiger partial charge in [0.15, 0.2) is 0 Å². The van der Waals surface area contributed by atoms with Crippen molar-refractivity contribution >= 4 is 0 Å². The van der Waals surface area contributed by atoms with Gasteiger partial charge in [-0.15, -0.1) is 0 Å². The summed E-state index contributed by atoms with van der Waals surface area (Å²) in [6, 6.07) is 10.5. The van der Waals surface area contributed by atoms with Crippen LogP contribution in [0.3, 0.4) is 0 Å². The number of hydrogen-bond donors (Lipinski definition) is 1. The van der Waals surface area contributed by atoms with E-state index in [2.05, 4.69) is 36.5 Å². The minimum Gasteiger partial charge on any atom is -0.311 e. The highest BCUT2D eigenvalue weighted by Crippen LogP contribution is 2.34. The first kappa shape index (κ1) is 11.3. The van der Waals surface area contributed by atoms with Crippen molar-refractivity contribution in [1.82, 2.24) is 5.32 Å². The Kier molecular flexibility index (Phi) is 3.19. The van der Waals surface area contributed by atoms with Crippen molar-refractivity contribution in [1.29, 1.82) is 0 Å². The van der Waals surface area contributed by atoms with E-state index in [1.807, 2.05) is 0 Å². The number of hydrogen-bond acceptors (Lipinski definition) is 1. The highest BCUT2D eigenvalue weighted by Gasteiger charge is 2.32. The van der Waals surface area contributed by atoms with Crippen molar-refractivity contribution in [2.75, 3.05) is 0 Å². The summed E-state index contributed by atoms with van der Waals surface area (Å²) in [6.07, 6.45) is 8.36. The summed E-state index contributed by atoms with van der Waals surface area (Å²) < 4.78 is 0. The number of benzene rings is 1. The molecule has 1 aromatic carbocycles. The standard InChI is InChI=1S/C16H23N/c1-12-4-2-5-13(10-12)11-15-9-8-14-6-3-7-16(14)17-15/h2,4-5,10,14-17H,3,6-9,11H2,1H3. The zero-order valence-electron chi connectivity index (χ0n) is 10.8. The van der Waals surface area contributed by atoms with Gasteiger partial charge in [-0.2, -0.15) is 0 Å². The van der Waals surface area contributed by atoms with E-state index in [9.17, 15) is 0 Å². The molecule has 0 radical (unpaired) electrons. The Hall–Kier alpha value is -0.820. The molecule has 92 valence electrons. The zero-order valence-corrected chi connectivity index (χ0v) is 10.8. The van der Waals surface area contributed by atoms with Gasteiger partial charge < -0.3 is 5.32 Å². The van der Waals surface area contributed by atoms with Gasteiger partial charge in [-0.3, -0.25) is 0 Å². The maximum absolute atomic E-state index is 3.88.